The second-order valence-electron chi connectivity index (χ2n) is 7.31. The number of hydrogen-bond donors (Lipinski definition) is 0. The third-order valence-electron chi connectivity index (χ3n) is 5.44. The number of rotatable bonds is 11. The molecule has 0 heterocycles. The van der Waals surface area contributed by atoms with Gasteiger partial charge in [0.05, 0.1) is 0 Å². The summed E-state index contributed by atoms with van der Waals surface area (Å²) >= 11 is 0. The van der Waals surface area contributed by atoms with Crippen LogP contribution in [0.3, 0.4) is 0 Å². The molecular weight excluding hydrogens is 264 g/mol. The number of hydrogen-bond acceptors (Lipinski definition) is 0. The molecule has 1 rings (SSSR count). The van der Waals surface area contributed by atoms with Gasteiger partial charge < -0.3 is 0 Å². The minimum absolute atomic E-state index is 0.763. The van der Waals surface area contributed by atoms with Crippen LogP contribution in [0.2, 0.25) is 0 Å². The summed E-state index contributed by atoms with van der Waals surface area (Å²) in [6.45, 7) is 11.5. The molecule has 2 atom stereocenters. The Bertz CT molecular complexity index is 404. The van der Waals surface area contributed by atoms with Crippen molar-refractivity contribution < 1.29 is 0 Å². The Kier molecular flexibility index (Phi) is 9.52. The van der Waals surface area contributed by atoms with Crippen molar-refractivity contribution in [3.05, 3.63) is 34.9 Å². The highest BCUT2D eigenvalue weighted by Crippen LogP contribution is 2.27. The Morgan fingerprint density at radius 1 is 0.773 bits per heavy atom. The van der Waals surface area contributed by atoms with E-state index in [0.29, 0.717) is 0 Å². The van der Waals surface area contributed by atoms with Crippen molar-refractivity contribution in [2.45, 2.75) is 98.3 Å². The van der Waals surface area contributed by atoms with Gasteiger partial charge in [-0.2, -0.15) is 0 Å². The summed E-state index contributed by atoms with van der Waals surface area (Å²) in [5.41, 5.74) is 4.42. The highest BCUT2D eigenvalue weighted by molar-refractivity contribution is 5.31. The Balaban J connectivity index is 2.23. The van der Waals surface area contributed by atoms with Gasteiger partial charge in [-0.3, -0.25) is 0 Å². The van der Waals surface area contributed by atoms with E-state index in [1.165, 1.54) is 68.9 Å². The molecule has 0 saturated carbocycles. The first-order chi connectivity index (χ1) is 10.6. The molecule has 0 aliphatic heterocycles. The van der Waals surface area contributed by atoms with Crippen LogP contribution in [-0.2, 0) is 0 Å². The Hall–Kier alpha value is -0.780. The van der Waals surface area contributed by atoms with Gasteiger partial charge in [-0.25, -0.2) is 0 Å². The van der Waals surface area contributed by atoms with E-state index in [-0.39, 0.29) is 0 Å². The van der Waals surface area contributed by atoms with Gasteiger partial charge in [0.25, 0.3) is 0 Å². The van der Waals surface area contributed by atoms with Crippen LogP contribution >= 0.6 is 0 Å². The van der Waals surface area contributed by atoms with Crippen LogP contribution in [0.5, 0.6) is 0 Å². The zero-order valence-electron chi connectivity index (χ0n) is 15.8. The van der Waals surface area contributed by atoms with Crippen LogP contribution in [0, 0.1) is 19.8 Å². The average molecular weight is 303 g/mol. The second kappa shape index (κ2) is 10.9. The molecule has 0 N–H and O–H groups in total. The quantitative estimate of drug-likeness (QED) is 0.370. The van der Waals surface area contributed by atoms with Crippen molar-refractivity contribution in [2.75, 3.05) is 0 Å². The predicted molar refractivity (Wildman–Crippen MR) is 101 cm³/mol. The molecule has 22 heavy (non-hydrogen) atoms. The van der Waals surface area contributed by atoms with Gasteiger partial charge in [0.15, 0.2) is 0 Å². The van der Waals surface area contributed by atoms with E-state index in [9.17, 15) is 0 Å². The molecule has 0 aromatic heterocycles. The van der Waals surface area contributed by atoms with E-state index in [4.69, 9.17) is 0 Å². The zero-order valence-corrected chi connectivity index (χ0v) is 15.8. The van der Waals surface area contributed by atoms with Crippen molar-refractivity contribution in [2.24, 2.45) is 5.92 Å². The fraction of sp³-hybridized carbons (Fsp3) is 0.727. The second-order valence-corrected chi connectivity index (χ2v) is 7.31. The Morgan fingerprint density at radius 3 is 2.00 bits per heavy atom. The van der Waals surface area contributed by atoms with Gasteiger partial charge in [-0.15, -0.1) is 0 Å². The van der Waals surface area contributed by atoms with Crippen LogP contribution in [0.15, 0.2) is 18.2 Å². The first-order valence-electron chi connectivity index (χ1n) is 9.65. The van der Waals surface area contributed by atoms with Crippen molar-refractivity contribution >= 4 is 0 Å². The average Bonchev–Trinajstić information content (AvgIpc) is 2.52. The molecule has 126 valence electrons. The summed E-state index contributed by atoms with van der Waals surface area (Å²) in [4.78, 5) is 0. The van der Waals surface area contributed by atoms with Gasteiger partial charge in [-0.05, 0) is 55.2 Å². The molecule has 0 spiro atoms. The summed E-state index contributed by atoms with van der Waals surface area (Å²) in [5, 5.41) is 0. The minimum atomic E-state index is 0.763. The highest BCUT2D eigenvalue weighted by Gasteiger charge is 2.09. The fourth-order valence-electron chi connectivity index (χ4n) is 3.24. The Labute approximate surface area is 139 Å². The van der Waals surface area contributed by atoms with Crippen LogP contribution < -0.4 is 0 Å². The van der Waals surface area contributed by atoms with Crippen LogP contribution in [0.4, 0.5) is 0 Å². The molecule has 0 fully saturated rings. The highest BCUT2D eigenvalue weighted by atomic mass is 14.1. The van der Waals surface area contributed by atoms with Gasteiger partial charge in [0.1, 0.15) is 0 Å². The predicted octanol–water partition coefficient (Wildman–Crippen LogP) is 7.57. The van der Waals surface area contributed by atoms with Crippen molar-refractivity contribution in [1.82, 2.24) is 0 Å². The normalized spacial score (nSPS) is 14.0. The third kappa shape index (κ3) is 6.99. The molecule has 0 heteroatoms. The molecule has 2 unspecified atom stereocenters. The molecule has 0 radical (unpaired) electrons. The molecule has 1 aromatic carbocycles. The van der Waals surface area contributed by atoms with Crippen LogP contribution in [-0.4, -0.2) is 0 Å². The number of benzene rings is 1. The molecule has 0 aliphatic carbocycles. The molecule has 0 nitrogen and oxygen atoms in total. The van der Waals surface area contributed by atoms with E-state index in [0.717, 1.165) is 11.8 Å². The molecule has 0 aliphatic rings. The first-order valence-corrected chi connectivity index (χ1v) is 9.65. The smallest absolute Gasteiger partial charge is 0.0164 e. The van der Waals surface area contributed by atoms with E-state index in [2.05, 4.69) is 52.8 Å². The lowest BCUT2D eigenvalue weighted by atomic mass is 9.89. The fourth-order valence-corrected chi connectivity index (χ4v) is 3.24. The third-order valence-corrected chi connectivity index (χ3v) is 5.44. The molecular formula is C22H38. The number of unbranched alkanes of at least 4 members (excludes halogenated alkanes) is 4. The van der Waals surface area contributed by atoms with Crippen LogP contribution in [0.25, 0.3) is 0 Å². The molecule has 1 aromatic rings. The maximum Gasteiger partial charge on any atom is -0.0164 e. The van der Waals surface area contributed by atoms with Gasteiger partial charge in [0, 0.05) is 0 Å². The summed E-state index contributed by atoms with van der Waals surface area (Å²) in [5.74, 6) is 1.69. The number of aryl methyl sites for hydroxylation is 2. The lowest BCUT2D eigenvalue weighted by molar-refractivity contribution is 0.466. The van der Waals surface area contributed by atoms with Crippen molar-refractivity contribution in [3.63, 3.8) is 0 Å². The van der Waals surface area contributed by atoms with Crippen molar-refractivity contribution in [1.29, 1.82) is 0 Å². The van der Waals surface area contributed by atoms with Gasteiger partial charge in [-0.1, -0.05) is 83.9 Å². The standard InChI is InChI=1S/C22H38/c1-6-18(3)13-11-9-8-10-12-14-21(7-2)22-16-15-19(4)20(5)17-22/h15-18,21H,6-14H2,1-5H3. The monoisotopic (exact) mass is 302 g/mol. The maximum absolute atomic E-state index is 2.41. The summed E-state index contributed by atoms with van der Waals surface area (Å²) < 4.78 is 0. The van der Waals surface area contributed by atoms with Gasteiger partial charge in [0.2, 0.25) is 0 Å². The molecule has 0 amide bonds. The summed E-state index contributed by atoms with van der Waals surface area (Å²) in [6.07, 6.45) is 12.5. The lowest BCUT2D eigenvalue weighted by Gasteiger charge is -2.17. The van der Waals surface area contributed by atoms with E-state index in [1.54, 1.807) is 5.56 Å². The first kappa shape index (κ1) is 19.3. The molecule has 0 saturated heterocycles. The SMILES string of the molecule is CCC(C)CCCCCCCC(CC)c1ccc(C)c(C)c1. The van der Waals surface area contributed by atoms with E-state index in [1.807, 2.05) is 0 Å². The van der Waals surface area contributed by atoms with E-state index >= 15 is 0 Å². The van der Waals surface area contributed by atoms with Crippen LogP contribution in [0.1, 0.15) is 101 Å². The minimum Gasteiger partial charge on any atom is -0.0651 e. The lowest BCUT2D eigenvalue weighted by Crippen LogP contribution is -1.99. The maximum atomic E-state index is 2.41. The largest absolute Gasteiger partial charge is 0.0651 e. The summed E-state index contributed by atoms with van der Waals surface area (Å²) in [6, 6.07) is 7.06. The molecule has 0 bridgehead atoms. The van der Waals surface area contributed by atoms with Crippen molar-refractivity contribution in [3.8, 4) is 0 Å². The zero-order chi connectivity index (χ0) is 16.4. The Morgan fingerprint density at radius 2 is 1.41 bits per heavy atom. The summed E-state index contributed by atoms with van der Waals surface area (Å²) in [7, 11) is 0. The van der Waals surface area contributed by atoms with E-state index < -0.39 is 0 Å². The topological polar surface area (TPSA) is 0 Å². The van der Waals surface area contributed by atoms with Gasteiger partial charge >= 0.3 is 0 Å².